The third-order valence-electron chi connectivity index (χ3n) is 2.43. The van der Waals surface area contributed by atoms with Crippen molar-refractivity contribution in [2.24, 2.45) is 11.5 Å². The highest BCUT2D eigenvalue weighted by Crippen LogP contribution is 2.21. The number of rotatable bonds is 3. The van der Waals surface area contributed by atoms with Gasteiger partial charge in [0, 0.05) is 6.20 Å². The Morgan fingerprint density at radius 2 is 1.89 bits per heavy atom. The monoisotopic (exact) mass is 245 g/mol. The number of amides is 2. The number of nitrogens with two attached hydrogens (primary N) is 3. The maximum atomic E-state index is 11.3. The van der Waals surface area contributed by atoms with Crippen LogP contribution in [0.1, 0.15) is 20.7 Å². The quantitative estimate of drug-likeness (QED) is 0.638. The van der Waals surface area contributed by atoms with Crippen molar-refractivity contribution in [1.82, 2.24) is 9.78 Å². The first-order valence-corrected chi connectivity index (χ1v) is 5.04. The highest BCUT2D eigenvalue weighted by atomic mass is 16.1. The summed E-state index contributed by atoms with van der Waals surface area (Å²) in [6.45, 7) is 0. The van der Waals surface area contributed by atoms with Crippen molar-refractivity contribution < 1.29 is 9.59 Å². The molecule has 0 aliphatic carbocycles. The lowest BCUT2D eigenvalue weighted by Gasteiger charge is -2.09. The maximum absolute atomic E-state index is 11.3. The minimum Gasteiger partial charge on any atom is -0.397 e. The number of nitrogen functional groups attached to an aromatic ring is 1. The Morgan fingerprint density at radius 1 is 1.17 bits per heavy atom. The Labute approximate surface area is 102 Å². The molecule has 0 fully saturated rings. The molecule has 7 nitrogen and oxygen atoms in total. The van der Waals surface area contributed by atoms with Crippen LogP contribution in [0, 0.1) is 0 Å². The van der Waals surface area contributed by atoms with Gasteiger partial charge in [-0.3, -0.25) is 9.59 Å². The Kier molecular flexibility index (Phi) is 2.72. The highest BCUT2D eigenvalue weighted by Gasteiger charge is 2.15. The van der Waals surface area contributed by atoms with E-state index in [2.05, 4.69) is 5.10 Å². The maximum Gasteiger partial charge on any atom is 0.251 e. The van der Waals surface area contributed by atoms with E-state index in [-0.39, 0.29) is 11.1 Å². The van der Waals surface area contributed by atoms with E-state index in [1.165, 1.54) is 23.1 Å². The van der Waals surface area contributed by atoms with Crippen molar-refractivity contribution in [3.63, 3.8) is 0 Å². The lowest BCUT2D eigenvalue weighted by Crippen LogP contribution is -2.16. The summed E-state index contributed by atoms with van der Waals surface area (Å²) < 4.78 is 1.30. The number of nitrogens with zero attached hydrogens (tertiary/aromatic N) is 2. The van der Waals surface area contributed by atoms with E-state index in [9.17, 15) is 9.59 Å². The summed E-state index contributed by atoms with van der Waals surface area (Å²) in [4.78, 5) is 22.3. The zero-order valence-corrected chi connectivity index (χ0v) is 9.33. The molecule has 0 aliphatic rings. The second-order valence-electron chi connectivity index (χ2n) is 3.65. The summed E-state index contributed by atoms with van der Waals surface area (Å²) in [7, 11) is 0. The minimum absolute atomic E-state index is 0.216. The third kappa shape index (κ3) is 1.88. The molecule has 0 saturated carbocycles. The van der Waals surface area contributed by atoms with Crippen LogP contribution in [0.5, 0.6) is 0 Å². The lowest BCUT2D eigenvalue weighted by molar-refractivity contribution is 0.0992. The summed E-state index contributed by atoms with van der Waals surface area (Å²) >= 11 is 0. The van der Waals surface area contributed by atoms with E-state index in [1.807, 2.05) is 0 Å². The molecule has 7 heteroatoms. The smallest absolute Gasteiger partial charge is 0.251 e. The summed E-state index contributed by atoms with van der Waals surface area (Å²) in [6.07, 6.45) is 2.68. The van der Waals surface area contributed by atoms with E-state index in [4.69, 9.17) is 17.2 Å². The fraction of sp³-hybridized carbons (Fsp3) is 0. The predicted molar refractivity (Wildman–Crippen MR) is 65.0 cm³/mol. The van der Waals surface area contributed by atoms with Gasteiger partial charge in [0.1, 0.15) is 5.69 Å². The predicted octanol–water partition coefficient (Wildman–Crippen LogP) is -0.348. The number of carbonyl (C=O) groups is 2. The molecule has 1 aromatic heterocycles. The Bertz CT molecular complexity index is 632. The van der Waals surface area contributed by atoms with E-state index < -0.39 is 11.8 Å². The number of para-hydroxylation sites is 1. The van der Waals surface area contributed by atoms with Crippen LogP contribution in [-0.2, 0) is 0 Å². The molecule has 0 unspecified atom stereocenters. The molecule has 6 N–H and O–H groups in total. The number of anilines is 1. The number of hydrogen-bond acceptors (Lipinski definition) is 4. The number of benzene rings is 1. The molecule has 2 rings (SSSR count). The van der Waals surface area contributed by atoms with Gasteiger partial charge in [-0.1, -0.05) is 6.07 Å². The molecular formula is C11H11N5O2. The van der Waals surface area contributed by atoms with Gasteiger partial charge in [-0.05, 0) is 12.1 Å². The summed E-state index contributed by atoms with van der Waals surface area (Å²) in [5.41, 5.74) is 17.3. The van der Waals surface area contributed by atoms with Gasteiger partial charge in [-0.25, -0.2) is 4.68 Å². The molecule has 1 heterocycles. The van der Waals surface area contributed by atoms with Crippen LogP contribution >= 0.6 is 0 Å². The molecule has 0 radical (unpaired) electrons. The van der Waals surface area contributed by atoms with Gasteiger partial charge >= 0.3 is 0 Å². The second kappa shape index (κ2) is 4.21. The van der Waals surface area contributed by atoms with Gasteiger partial charge in [0.2, 0.25) is 0 Å². The van der Waals surface area contributed by atoms with Crippen LogP contribution in [-0.4, -0.2) is 21.6 Å². The molecule has 0 spiro atoms. The first-order valence-electron chi connectivity index (χ1n) is 5.04. The molecule has 0 bridgehead atoms. The van der Waals surface area contributed by atoms with Gasteiger partial charge in [0.25, 0.3) is 11.8 Å². The summed E-state index contributed by atoms with van der Waals surface area (Å²) in [6, 6.07) is 4.74. The molecule has 2 aromatic rings. The second-order valence-corrected chi connectivity index (χ2v) is 3.65. The van der Waals surface area contributed by atoms with Crippen molar-refractivity contribution in [3.05, 3.63) is 41.7 Å². The van der Waals surface area contributed by atoms with E-state index in [1.54, 1.807) is 12.1 Å². The van der Waals surface area contributed by atoms with Crippen molar-refractivity contribution >= 4 is 17.5 Å². The first kappa shape index (κ1) is 11.6. The topological polar surface area (TPSA) is 130 Å². The molecule has 0 saturated heterocycles. The Hall–Kier alpha value is -2.83. The number of aromatic nitrogens is 2. The molecule has 18 heavy (non-hydrogen) atoms. The Morgan fingerprint density at radius 3 is 2.44 bits per heavy atom. The van der Waals surface area contributed by atoms with E-state index in [0.29, 0.717) is 11.4 Å². The molecule has 0 aliphatic heterocycles. The molecule has 92 valence electrons. The van der Waals surface area contributed by atoms with Crippen molar-refractivity contribution in [2.75, 3.05) is 5.73 Å². The van der Waals surface area contributed by atoms with Crippen LogP contribution in [0.2, 0.25) is 0 Å². The van der Waals surface area contributed by atoms with Gasteiger partial charge in [-0.2, -0.15) is 5.10 Å². The van der Waals surface area contributed by atoms with Crippen molar-refractivity contribution in [2.45, 2.75) is 0 Å². The number of carbonyl (C=O) groups excluding carboxylic acids is 2. The third-order valence-corrected chi connectivity index (χ3v) is 2.43. The molecule has 0 atom stereocenters. The van der Waals surface area contributed by atoms with Crippen LogP contribution < -0.4 is 17.2 Å². The highest BCUT2D eigenvalue weighted by molar-refractivity contribution is 5.99. The largest absolute Gasteiger partial charge is 0.397 e. The van der Waals surface area contributed by atoms with E-state index in [0.717, 1.165) is 0 Å². The zero-order chi connectivity index (χ0) is 13.3. The minimum atomic E-state index is -0.631. The first-order chi connectivity index (χ1) is 8.50. The van der Waals surface area contributed by atoms with E-state index >= 15 is 0 Å². The number of primary amides is 2. The summed E-state index contributed by atoms with van der Waals surface area (Å²) in [5.74, 6) is -1.25. The van der Waals surface area contributed by atoms with Crippen molar-refractivity contribution in [3.8, 4) is 5.69 Å². The van der Waals surface area contributed by atoms with Gasteiger partial charge in [0.15, 0.2) is 0 Å². The fourth-order valence-electron chi connectivity index (χ4n) is 1.59. The van der Waals surface area contributed by atoms with Crippen LogP contribution in [0.4, 0.5) is 5.69 Å². The fourth-order valence-corrected chi connectivity index (χ4v) is 1.59. The molecule has 1 aromatic carbocycles. The average Bonchev–Trinajstić information content (AvgIpc) is 2.77. The normalized spacial score (nSPS) is 10.2. The van der Waals surface area contributed by atoms with Gasteiger partial charge in [0.05, 0.1) is 23.0 Å². The van der Waals surface area contributed by atoms with Crippen molar-refractivity contribution in [1.29, 1.82) is 0 Å². The zero-order valence-electron chi connectivity index (χ0n) is 9.33. The molecular weight excluding hydrogens is 234 g/mol. The van der Waals surface area contributed by atoms with Gasteiger partial charge < -0.3 is 17.2 Å². The Balaban J connectivity index is 2.62. The standard InChI is InChI=1S/C11H11N5O2/c12-8-3-1-2-7(11(14)18)9(8)16-5-6(4-15-16)10(13)17/h1-5H,12H2,(H2,13,17)(H2,14,18). The summed E-state index contributed by atoms with van der Waals surface area (Å²) in [5, 5.41) is 3.94. The van der Waals surface area contributed by atoms with Crippen LogP contribution in [0.3, 0.4) is 0 Å². The average molecular weight is 245 g/mol. The number of hydrogen-bond donors (Lipinski definition) is 3. The SMILES string of the molecule is NC(=O)c1cnn(-c2c(N)cccc2C(N)=O)c1. The van der Waals surface area contributed by atoms with Crippen LogP contribution in [0.25, 0.3) is 5.69 Å². The van der Waals surface area contributed by atoms with Gasteiger partial charge in [-0.15, -0.1) is 0 Å². The van der Waals surface area contributed by atoms with Crippen LogP contribution in [0.15, 0.2) is 30.6 Å². The molecule has 2 amide bonds. The lowest BCUT2D eigenvalue weighted by atomic mass is 10.1.